The molecular formula is C24H25FN4O. The average Bonchev–Trinajstić information content (AvgIpc) is 2.80. The van der Waals surface area contributed by atoms with Crippen molar-refractivity contribution in [3.05, 3.63) is 78.1 Å². The Bertz CT molecular complexity index is 968. The number of hydrogen-bond donors (Lipinski definition) is 0. The van der Waals surface area contributed by atoms with Crippen molar-refractivity contribution in [2.75, 3.05) is 25.0 Å². The Hall–Kier alpha value is -3.28. The lowest BCUT2D eigenvalue weighted by atomic mass is 9.95. The van der Waals surface area contributed by atoms with Gasteiger partial charge in [0.1, 0.15) is 5.82 Å². The molecule has 1 saturated heterocycles. The Morgan fingerprint density at radius 2 is 1.70 bits per heavy atom. The van der Waals surface area contributed by atoms with Crippen LogP contribution < -0.4 is 4.90 Å². The first-order valence-corrected chi connectivity index (χ1v) is 10.2. The maximum Gasteiger partial charge on any atom is 0.225 e. The predicted octanol–water partition coefficient (Wildman–Crippen LogP) is 4.16. The van der Waals surface area contributed by atoms with Crippen LogP contribution in [0.5, 0.6) is 0 Å². The molecule has 154 valence electrons. The molecule has 0 N–H and O–H groups in total. The molecule has 5 nitrogen and oxygen atoms in total. The molecule has 1 aromatic heterocycles. The number of nitrogens with zero attached hydrogens (tertiary/aromatic N) is 4. The van der Waals surface area contributed by atoms with Crippen molar-refractivity contribution < 1.29 is 9.18 Å². The number of aromatic nitrogens is 2. The van der Waals surface area contributed by atoms with E-state index >= 15 is 0 Å². The summed E-state index contributed by atoms with van der Waals surface area (Å²) in [5, 5.41) is 8.64. The molecule has 0 unspecified atom stereocenters. The highest BCUT2D eigenvalue weighted by molar-refractivity contribution is 5.79. The minimum absolute atomic E-state index is 0.0430. The van der Waals surface area contributed by atoms with Crippen molar-refractivity contribution in [3.63, 3.8) is 0 Å². The minimum atomic E-state index is -0.268. The number of carbonyl (C=O) groups excluding carboxylic acids is 1. The number of anilines is 1. The zero-order chi connectivity index (χ0) is 20.9. The monoisotopic (exact) mass is 404 g/mol. The van der Waals surface area contributed by atoms with Gasteiger partial charge in [0.25, 0.3) is 0 Å². The highest BCUT2D eigenvalue weighted by atomic mass is 19.1. The predicted molar refractivity (Wildman–Crippen MR) is 115 cm³/mol. The van der Waals surface area contributed by atoms with Crippen LogP contribution in [0.1, 0.15) is 18.4 Å². The molecule has 2 heterocycles. The molecule has 1 aliphatic heterocycles. The normalized spacial score (nSPS) is 14.5. The van der Waals surface area contributed by atoms with E-state index in [9.17, 15) is 9.18 Å². The lowest BCUT2D eigenvalue weighted by molar-refractivity contribution is -0.135. The van der Waals surface area contributed by atoms with Crippen LogP contribution in [0.15, 0.2) is 66.7 Å². The van der Waals surface area contributed by atoms with Gasteiger partial charge in [-0.05, 0) is 54.8 Å². The van der Waals surface area contributed by atoms with Gasteiger partial charge >= 0.3 is 0 Å². The molecule has 3 aromatic rings. The molecule has 0 saturated carbocycles. The summed E-state index contributed by atoms with van der Waals surface area (Å²) in [6, 6.07) is 20.1. The van der Waals surface area contributed by atoms with Gasteiger partial charge in [0, 0.05) is 38.2 Å². The van der Waals surface area contributed by atoms with Crippen LogP contribution in [0.3, 0.4) is 0 Å². The highest BCUT2D eigenvalue weighted by Crippen LogP contribution is 2.25. The summed E-state index contributed by atoms with van der Waals surface area (Å²) in [7, 11) is 1.88. The second kappa shape index (κ2) is 9.03. The van der Waals surface area contributed by atoms with Crippen molar-refractivity contribution in [3.8, 4) is 11.3 Å². The van der Waals surface area contributed by atoms with Crippen molar-refractivity contribution in [1.82, 2.24) is 15.1 Å². The summed E-state index contributed by atoms with van der Waals surface area (Å²) >= 11 is 0. The van der Waals surface area contributed by atoms with Crippen molar-refractivity contribution in [2.24, 2.45) is 5.92 Å². The van der Waals surface area contributed by atoms with E-state index in [0.29, 0.717) is 12.2 Å². The fourth-order valence-corrected chi connectivity index (χ4v) is 3.87. The number of amides is 1. The Morgan fingerprint density at radius 3 is 2.33 bits per heavy atom. The molecule has 0 atom stereocenters. The smallest absolute Gasteiger partial charge is 0.225 e. The van der Waals surface area contributed by atoms with Gasteiger partial charge in [-0.15, -0.1) is 10.2 Å². The molecule has 30 heavy (non-hydrogen) atoms. The van der Waals surface area contributed by atoms with Crippen molar-refractivity contribution in [2.45, 2.75) is 19.4 Å². The van der Waals surface area contributed by atoms with E-state index in [-0.39, 0.29) is 17.6 Å². The average molecular weight is 404 g/mol. The molecule has 0 radical (unpaired) electrons. The van der Waals surface area contributed by atoms with Crippen LogP contribution in [0, 0.1) is 11.7 Å². The Kier molecular flexibility index (Phi) is 6.02. The van der Waals surface area contributed by atoms with Gasteiger partial charge in [-0.2, -0.15) is 0 Å². The zero-order valence-corrected chi connectivity index (χ0v) is 17.0. The summed E-state index contributed by atoms with van der Waals surface area (Å²) < 4.78 is 13.1. The number of benzene rings is 2. The van der Waals surface area contributed by atoms with E-state index in [0.717, 1.165) is 42.9 Å². The standard InChI is InChI=1S/C24H25FN4O/c1-28(17-18-5-3-2-4-6-18)24(30)20-13-15-29(16-14-20)23-12-11-22(26-27-23)19-7-9-21(25)10-8-19/h2-12,20H,13-17H2,1H3. The molecule has 4 rings (SSSR count). The minimum Gasteiger partial charge on any atom is -0.355 e. The molecule has 1 aliphatic rings. The quantitative estimate of drug-likeness (QED) is 0.641. The van der Waals surface area contributed by atoms with Crippen molar-refractivity contribution in [1.29, 1.82) is 0 Å². The molecule has 0 bridgehead atoms. The van der Waals surface area contributed by atoms with Crippen molar-refractivity contribution >= 4 is 11.7 Å². The van der Waals surface area contributed by atoms with Gasteiger partial charge in [0.2, 0.25) is 5.91 Å². The fourth-order valence-electron chi connectivity index (χ4n) is 3.87. The third-order valence-electron chi connectivity index (χ3n) is 5.60. The third-order valence-corrected chi connectivity index (χ3v) is 5.60. The largest absolute Gasteiger partial charge is 0.355 e. The SMILES string of the molecule is CN(Cc1ccccc1)C(=O)C1CCN(c2ccc(-c3ccc(F)cc3)nn2)CC1. The molecule has 2 aromatic carbocycles. The third kappa shape index (κ3) is 4.64. The van der Waals surface area contributed by atoms with E-state index in [1.165, 1.54) is 12.1 Å². The van der Waals surface area contributed by atoms with E-state index in [1.807, 2.05) is 54.4 Å². The van der Waals surface area contributed by atoms with Gasteiger partial charge in [-0.25, -0.2) is 4.39 Å². The van der Waals surface area contributed by atoms with Crippen LogP contribution >= 0.6 is 0 Å². The molecule has 1 amide bonds. The Balaban J connectivity index is 1.32. The molecule has 6 heteroatoms. The van der Waals surface area contributed by atoms with Gasteiger partial charge in [-0.1, -0.05) is 30.3 Å². The van der Waals surface area contributed by atoms with Gasteiger partial charge in [0.05, 0.1) is 5.69 Å². The van der Waals surface area contributed by atoms with Gasteiger partial charge < -0.3 is 9.80 Å². The zero-order valence-electron chi connectivity index (χ0n) is 17.0. The second-order valence-electron chi connectivity index (χ2n) is 7.72. The van der Waals surface area contributed by atoms with E-state index < -0.39 is 0 Å². The van der Waals surface area contributed by atoms with Gasteiger partial charge in [-0.3, -0.25) is 4.79 Å². The molecular weight excluding hydrogens is 379 g/mol. The number of rotatable bonds is 5. The first kappa shape index (κ1) is 20.0. The lowest BCUT2D eigenvalue weighted by Gasteiger charge is -2.33. The number of carbonyl (C=O) groups is 1. The second-order valence-corrected chi connectivity index (χ2v) is 7.72. The first-order valence-electron chi connectivity index (χ1n) is 10.2. The molecule has 0 spiro atoms. The maximum atomic E-state index is 13.1. The number of piperidine rings is 1. The summed E-state index contributed by atoms with van der Waals surface area (Å²) in [4.78, 5) is 16.8. The summed E-state index contributed by atoms with van der Waals surface area (Å²) in [6.45, 7) is 2.19. The topological polar surface area (TPSA) is 49.3 Å². The van der Waals surface area contributed by atoms with E-state index in [2.05, 4.69) is 15.1 Å². The van der Waals surface area contributed by atoms with Crippen LogP contribution in [0.25, 0.3) is 11.3 Å². The fraction of sp³-hybridized carbons (Fsp3) is 0.292. The van der Waals surface area contributed by atoms with Gasteiger partial charge in [0.15, 0.2) is 5.82 Å². The number of hydrogen-bond acceptors (Lipinski definition) is 4. The maximum absolute atomic E-state index is 13.1. The summed E-state index contributed by atoms with van der Waals surface area (Å²) in [5.41, 5.74) is 2.69. The van der Waals surface area contributed by atoms with Crippen LogP contribution in [-0.2, 0) is 11.3 Å². The Labute approximate surface area is 176 Å². The summed E-state index contributed by atoms with van der Waals surface area (Å²) in [6.07, 6.45) is 1.61. The molecule has 0 aliphatic carbocycles. The summed E-state index contributed by atoms with van der Waals surface area (Å²) in [5.74, 6) is 0.789. The molecule has 1 fully saturated rings. The Morgan fingerprint density at radius 1 is 1.00 bits per heavy atom. The van der Waals surface area contributed by atoms with E-state index in [4.69, 9.17) is 0 Å². The first-order chi connectivity index (χ1) is 14.6. The highest BCUT2D eigenvalue weighted by Gasteiger charge is 2.27. The van der Waals surface area contributed by atoms with Crippen LogP contribution in [0.4, 0.5) is 10.2 Å². The van der Waals surface area contributed by atoms with Crippen LogP contribution in [-0.4, -0.2) is 41.1 Å². The van der Waals surface area contributed by atoms with Crippen LogP contribution in [0.2, 0.25) is 0 Å². The van der Waals surface area contributed by atoms with E-state index in [1.54, 1.807) is 12.1 Å². The lowest BCUT2D eigenvalue weighted by Crippen LogP contribution is -2.41. The number of halogens is 1.